The van der Waals surface area contributed by atoms with E-state index in [9.17, 15) is 31.1 Å². The fraction of sp³-hybridized carbons (Fsp3) is 0.700. The van der Waals surface area contributed by atoms with Crippen molar-refractivity contribution in [2.75, 3.05) is 0 Å². The van der Waals surface area contributed by atoms with E-state index >= 15 is 0 Å². The molecule has 0 unspecified atom stereocenters. The van der Waals surface area contributed by atoms with Crippen LogP contribution in [0.3, 0.4) is 0 Å². The first-order valence-corrected chi connectivity index (χ1v) is 8.91. The second-order valence-corrected chi connectivity index (χ2v) is 10.6. The van der Waals surface area contributed by atoms with E-state index in [4.69, 9.17) is 5.11 Å². The van der Waals surface area contributed by atoms with Crippen molar-refractivity contribution >= 4 is 13.9 Å². The SMILES string of the molecule is CC[Si](C)(C)C.O=C(C=C(O)C(F)(F)F)C(F)(F)F.[Cu]. The van der Waals surface area contributed by atoms with Crippen LogP contribution in [0.25, 0.3) is 0 Å². The predicted molar refractivity (Wildman–Crippen MR) is 61.7 cm³/mol. The number of carbonyl (C=O) groups is 1. The van der Waals surface area contributed by atoms with Gasteiger partial charge in [-0.2, -0.15) is 26.3 Å². The predicted octanol–water partition coefficient (Wildman–Crippen LogP) is 4.46. The maximum Gasteiger partial charge on any atom is 0.454 e. The Balaban J connectivity index is -0.000000352. The summed E-state index contributed by atoms with van der Waals surface area (Å²) in [5.74, 6) is -5.34. The van der Waals surface area contributed by atoms with Gasteiger partial charge in [-0.25, -0.2) is 0 Å². The van der Waals surface area contributed by atoms with Crippen molar-refractivity contribution in [1.82, 2.24) is 0 Å². The van der Waals surface area contributed by atoms with Gasteiger partial charge >= 0.3 is 12.4 Å². The average Bonchev–Trinajstić information content (AvgIpc) is 2.14. The summed E-state index contributed by atoms with van der Waals surface area (Å²) in [6, 6.07) is 1.41. The van der Waals surface area contributed by atoms with Crippen LogP contribution in [-0.2, 0) is 21.9 Å². The Labute approximate surface area is 124 Å². The third kappa shape index (κ3) is 13.9. The third-order valence-electron chi connectivity index (χ3n) is 1.90. The van der Waals surface area contributed by atoms with E-state index in [0.29, 0.717) is 0 Å². The van der Waals surface area contributed by atoms with Crippen LogP contribution in [0.4, 0.5) is 26.3 Å². The van der Waals surface area contributed by atoms with Crippen LogP contribution in [0, 0.1) is 0 Å². The molecule has 0 bridgehead atoms. The van der Waals surface area contributed by atoms with Gasteiger partial charge in [-0.15, -0.1) is 0 Å². The number of hydrogen-bond acceptors (Lipinski definition) is 2. The molecule has 0 aliphatic heterocycles. The minimum atomic E-state index is -5.42. The summed E-state index contributed by atoms with van der Waals surface area (Å²) in [7, 11) is -0.631. The number of ketones is 1. The summed E-state index contributed by atoms with van der Waals surface area (Å²) >= 11 is 0. The Hall–Kier alpha value is -0.474. The molecule has 0 atom stereocenters. The van der Waals surface area contributed by atoms with Crippen LogP contribution in [-0.4, -0.2) is 31.3 Å². The van der Waals surface area contributed by atoms with Gasteiger partial charge in [-0.3, -0.25) is 4.79 Å². The normalized spacial score (nSPS) is 13.0. The summed E-state index contributed by atoms with van der Waals surface area (Å²) < 4.78 is 68.1. The molecule has 0 aromatic heterocycles. The van der Waals surface area contributed by atoms with Crippen molar-refractivity contribution in [2.24, 2.45) is 0 Å². The molecule has 10 heteroatoms. The Morgan fingerprint density at radius 2 is 1.35 bits per heavy atom. The van der Waals surface area contributed by atoms with Gasteiger partial charge in [0.25, 0.3) is 5.78 Å². The van der Waals surface area contributed by atoms with Gasteiger partial charge in [-0.1, -0.05) is 32.6 Å². The molecule has 0 rings (SSSR count). The van der Waals surface area contributed by atoms with Crippen LogP contribution >= 0.6 is 0 Å². The Morgan fingerprint density at radius 1 is 1.05 bits per heavy atom. The number of hydrogen-bond donors (Lipinski definition) is 1. The minimum Gasteiger partial charge on any atom is -0.504 e. The second-order valence-electron chi connectivity index (χ2n) is 4.80. The van der Waals surface area contributed by atoms with Crippen molar-refractivity contribution < 1.29 is 53.3 Å². The molecule has 20 heavy (non-hydrogen) atoms. The van der Waals surface area contributed by atoms with Crippen LogP contribution in [0.2, 0.25) is 25.7 Å². The van der Waals surface area contributed by atoms with E-state index in [-0.39, 0.29) is 17.1 Å². The minimum absolute atomic E-state index is 0. The third-order valence-corrected chi connectivity index (χ3v) is 4.02. The summed E-state index contributed by atoms with van der Waals surface area (Å²) in [6.45, 7) is 9.42. The monoisotopic (exact) mass is 373 g/mol. The zero-order chi connectivity index (χ0) is 16.1. The molecule has 2 nitrogen and oxygen atoms in total. The quantitative estimate of drug-likeness (QED) is 0.336. The van der Waals surface area contributed by atoms with E-state index in [1.807, 2.05) is 0 Å². The maximum absolute atomic E-state index is 11.4. The Kier molecular flexibility index (Phi) is 10.7. The largest absolute Gasteiger partial charge is 0.504 e. The smallest absolute Gasteiger partial charge is 0.454 e. The summed E-state index contributed by atoms with van der Waals surface area (Å²) in [5, 5.41) is 7.93. The number of allylic oxidation sites excluding steroid dienone is 2. The zero-order valence-corrected chi connectivity index (χ0v) is 13.2. The van der Waals surface area contributed by atoms with Crippen molar-refractivity contribution in [3.05, 3.63) is 11.8 Å². The summed E-state index contributed by atoms with van der Waals surface area (Å²) in [4.78, 5) is 9.86. The molecule has 1 N–H and O–H groups in total. The van der Waals surface area contributed by atoms with Gasteiger partial charge in [0.15, 0.2) is 0 Å². The Morgan fingerprint density at radius 3 is 1.50 bits per heavy atom. The van der Waals surface area contributed by atoms with Gasteiger partial charge in [0.05, 0.1) is 0 Å². The van der Waals surface area contributed by atoms with Crippen LogP contribution in [0.15, 0.2) is 11.8 Å². The van der Waals surface area contributed by atoms with Gasteiger partial charge < -0.3 is 5.11 Å². The molecular weight excluding hydrogens is 358 g/mol. The molecule has 0 amide bonds. The molecule has 0 heterocycles. The fourth-order valence-electron chi connectivity index (χ4n) is 0.288. The van der Waals surface area contributed by atoms with E-state index in [1.165, 1.54) is 6.04 Å². The fourth-order valence-corrected chi connectivity index (χ4v) is 0.288. The van der Waals surface area contributed by atoms with Crippen LogP contribution < -0.4 is 0 Å². The Bertz CT molecular complexity index is 330. The van der Waals surface area contributed by atoms with Crippen LogP contribution in [0.1, 0.15) is 6.92 Å². The number of halogens is 6. The number of aliphatic hydroxyl groups excluding tert-OH is 1. The number of carbonyl (C=O) groups excluding carboxylic acids is 1. The van der Waals surface area contributed by atoms with E-state index in [0.717, 1.165) is 0 Å². The van der Waals surface area contributed by atoms with Gasteiger partial charge in [0.1, 0.15) is 0 Å². The number of aliphatic hydroxyl groups is 1. The second kappa shape index (κ2) is 8.73. The van der Waals surface area contributed by atoms with Crippen molar-refractivity contribution in [3.63, 3.8) is 0 Å². The molecule has 0 saturated carbocycles. The summed E-state index contributed by atoms with van der Waals surface area (Å²) in [5.41, 5.74) is 0. The van der Waals surface area contributed by atoms with E-state index in [2.05, 4.69) is 26.6 Å². The van der Waals surface area contributed by atoms with Crippen molar-refractivity contribution in [1.29, 1.82) is 0 Å². The molecular formula is C10H16CuF6O2Si. The molecule has 0 spiro atoms. The zero-order valence-electron chi connectivity index (χ0n) is 11.2. The van der Waals surface area contributed by atoms with E-state index < -0.39 is 38.0 Å². The van der Waals surface area contributed by atoms with Gasteiger partial charge in [0.2, 0.25) is 5.76 Å². The molecule has 125 valence electrons. The average molecular weight is 374 g/mol. The first kappa shape index (κ1) is 24.5. The molecule has 0 fully saturated rings. The first-order valence-electron chi connectivity index (χ1n) is 5.20. The van der Waals surface area contributed by atoms with E-state index in [1.54, 1.807) is 0 Å². The molecule has 0 aromatic rings. The molecule has 0 aromatic carbocycles. The van der Waals surface area contributed by atoms with Gasteiger partial charge in [0, 0.05) is 31.2 Å². The molecule has 1 radical (unpaired) electrons. The number of rotatable bonds is 2. The van der Waals surface area contributed by atoms with Crippen molar-refractivity contribution in [2.45, 2.75) is 45.0 Å². The molecule has 0 aliphatic carbocycles. The summed E-state index contributed by atoms with van der Waals surface area (Å²) in [6.07, 6.45) is -11.7. The first-order chi connectivity index (χ1) is 8.11. The van der Waals surface area contributed by atoms with Crippen LogP contribution in [0.5, 0.6) is 0 Å². The van der Waals surface area contributed by atoms with Gasteiger partial charge in [-0.05, 0) is 0 Å². The number of alkyl halides is 6. The molecule has 0 saturated heterocycles. The standard InChI is InChI=1S/C5H2F6O2.C5H14Si.Cu/c6-4(7,8)2(12)1-3(13)5(9,10)11;1-5-6(2,3)4;/h1,12H;5H2,1-4H3;. The van der Waals surface area contributed by atoms with Crippen molar-refractivity contribution in [3.8, 4) is 0 Å². The topological polar surface area (TPSA) is 37.3 Å². The molecule has 0 aliphatic rings. The maximum atomic E-state index is 11.4.